The van der Waals surface area contributed by atoms with Crippen molar-refractivity contribution < 1.29 is 5.11 Å². The van der Waals surface area contributed by atoms with Crippen LogP contribution in [0.15, 0.2) is 0 Å². The molecule has 0 aromatic rings. The van der Waals surface area contributed by atoms with E-state index in [0.29, 0.717) is 6.61 Å². The Balaban J connectivity index is 3.79. The molecule has 2 heteroatoms. The van der Waals surface area contributed by atoms with Gasteiger partial charge < -0.3 is 10.0 Å². The molecule has 0 aliphatic carbocycles. The Labute approximate surface area is 82.9 Å². The monoisotopic (exact) mass is 187 g/mol. The van der Waals surface area contributed by atoms with Gasteiger partial charge in [-0.25, -0.2) is 0 Å². The molecule has 1 N–H and O–H groups in total. The van der Waals surface area contributed by atoms with Gasteiger partial charge in [0.15, 0.2) is 0 Å². The molecule has 0 heterocycles. The summed E-state index contributed by atoms with van der Waals surface area (Å²) in [6.07, 6.45) is 3.54. The standard InChI is InChI=1S/C11H25NO/c1-5-7-8-12(4)9-11(3,6-2)10-13/h13H,5-10H2,1-4H3. The van der Waals surface area contributed by atoms with Crippen LogP contribution in [0, 0.1) is 5.41 Å². The van der Waals surface area contributed by atoms with Gasteiger partial charge in [0, 0.05) is 18.6 Å². The second kappa shape index (κ2) is 6.39. The molecule has 80 valence electrons. The van der Waals surface area contributed by atoms with E-state index in [-0.39, 0.29) is 5.41 Å². The molecule has 0 saturated carbocycles. The Morgan fingerprint density at radius 3 is 2.31 bits per heavy atom. The SMILES string of the molecule is CCCCN(C)CC(C)(CC)CO. The maximum Gasteiger partial charge on any atom is 0.0496 e. The molecule has 0 aromatic carbocycles. The highest BCUT2D eigenvalue weighted by molar-refractivity contribution is 4.74. The van der Waals surface area contributed by atoms with Gasteiger partial charge in [-0.05, 0) is 26.4 Å². The van der Waals surface area contributed by atoms with Crippen molar-refractivity contribution in [2.45, 2.75) is 40.0 Å². The quantitative estimate of drug-likeness (QED) is 0.660. The fourth-order valence-electron chi connectivity index (χ4n) is 1.43. The summed E-state index contributed by atoms with van der Waals surface area (Å²) in [6, 6.07) is 0. The molecular formula is C11H25NO. The Bertz CT molecular complexity index is 121. The third-order valence-corrected chi connectivity index (χ3v) is 2.78. The van der Waals surface area contributed by atoms with Crippen molar-refractivity contribution in [2.75, 3.05) is 26.7 Å². The van der Waals surface area contributed by atoms with Crippen molar-refractivity contribution in [1.29, 1.82) is 0 Å². The maximum absolute atomic E-state index is 9.23. The van der Waals surface area contributed by atoms with Crippen LogP contribution in [0.3, 0.4) is 0 Å². The lowest BCUT2D eigenvalue weighted by Gasteiger charge is -2.31. The summed E-state index contributed by atoms with van der Waals surface area (Å²) in [4.78, 5) is 2.32. The molecular weight excluding hydrogens is 162 g/mol. The minimum Gasteiger partial charge on any atom is -0.396 e. The van der Waals surface area contributed by atoms with Crippen molar-refractivity contribution in [1.82, 2.24) is 4.90 Å². The first-order valence-corrected chi connectivity index (χ1v) is 5.37. The summed E-state index contributed by atoms with van der Waals surface area (Å²) in [7, 11) is 2.14. The summed E-state index contributed by atoms with van der Waals surface area (Å²) in [5, 5.41) is 9.23. The molecule has 13 heavy (non-hydrogen) atoms. The molecule has 0 amide bonds. The highest BCUT2D eigenvalue weighted by Gasteiger charge is 2.22. The highest BCUT2D eigenvalue weighted by Crippen LogP contribution is 2.20. The van der Waals surface area contributed by atoms with Crippen molar-refractivity contribution >= 4 is 0 Å². The molecule has 0 aliphatic heterocycles. The molecule has 1 unspecified atom stereocenters. The van der Waals surface area contributed by atoms with Gasteiger partial charge in [-0.1, -0.05) is 27.2 Å². The van der Waals surface area contributed by atoms with Crippen molar-refractivity contribution in [2.24, 2.45) is 5.41 Å². The Hall–Kier alpha value is -0.0800. The van der Waals surface area contributed by atoms with E-state index < -0.39 is 0 Å². The van der Waals surface area contributed by atoms with Crippen molar-refractivity contribution in [3.8, 4) is 0 Å². The van der Waals surface area contributed by atoms with Crippen LogP contribution in [-0.2, 0) is 0 Å². The lowest BCUT2D eigenvalue weighted by molar-refractivity contribution is 0.0951. The van der Waals surface area contributed by atoms with Crippen LogP contribution in [0.5, 0.6) is 0 Å². The Morgan fingerprint density at radius 2 is 1.92 bits per heavy atom. The van der Waals surface area contributed by atoms with Gasteiger partial charge in [0.2, 0.25) is 0 Å². The number of aliphatic hydroxyl groups excluding tert-OH is 1. The lowest BCUT2D eigenvalue weighted by Crippen LogP contribution is -2.36. The first kappa shape index (κ1) is 12.9. The molecule has 0 radical (unpaired) electrons. The van der Waals surface area contributed by atoms with Crippen LogP contribution in [0.4, 0.5) is 0 Å². The van der Waals surface area contributed by atoms with Gasteiger partial charge in [0.25, 0.3) is 0 Å². The topological polar surface area (TPSA) is 23.5 Å². The van der Waals surface area contributed by atoms with E-state index in [1.165, 1.54) is 12.8 Å². The summed E-state index contributed by atoms with van der Waals surface area (Å²) in [6.45, 7) is 8.93. The Kier molecular flexibility index (Phi) is 6.35. The van der Waals surface area contributed by atoms with Crippen LogP contribution in [-0.4, -0.2) is 36.8 Å². The van der Waals surface area contributed by atoms with Crippen LogP contribution in [0.2, 0.25) is 0 Å². The first-order chi connectivity index (χ1) is 6.08. The molecule has 0 spiro atoms. The predicted molar refractivity (Wildman–Crippen MR) is 57.9 cm³/mol. The first-order valence-electron chi connectivity index (χ1n) is 5.37. The molecule has 0 aliphatic rings. The molecule has 0 rings (SSSR count). The molecule has 2 nitrogen and oxygen atoms in total. The van der Waals surface area contributed by atoms with E-state index >= 15 is 0 Å². The normalized spacial score (nSPS) is 16.2. The molecule has 0 saturated heterocycles. The lowest BCUT2D eigenvalue weighted by atomic mass is 9.88. The van der Waals surface area contributed by atoms with Crippen LogP contribution >= 0.6 is 0 Å². The van der Waals surface area contributed by atoms with Crippen molar-refractivity contribution in [3.05, 3.63) is 0 Å². The predicted octanol–water partition coefficient (Wildman–Crippen LogP) is 2.13. The second-order valence-corrected chi connectivity index (χ2v) is 4.41. The zero-order valence-electron chi connectivity index (χ0n) is 9.64. The number of aliphatic hydroxyl groups is 1. The highest BCUT2D eigenvalue weighted by atomic mass is 16.3. The molecule has 0 bridgehead atoms. The number of hydrogen-bond donors (Lipinski definition) is 1. The minimum absolute atomic E-state index is 0.0858. The zero-order chi connectivity index (χ0) is 10.3. The van der Waals surface area contributed by atoms with E-state index in [2.05, 4.69) is 32.7 Å². The number of rotatable bonds is 7. The number of unbranched alkanes of at least 4 members (excludes halogenated alkanes) is 1. The zero-order valence-corrected chi connectivity index (χ0v) is 9.64. The number of hydrogen-bond acceptors (Lipinski definition) is 2. The summed E-state index contributed by atoms with van der Waals surface area (Å²) >= 11 is 0. The van der Waals surface area contributed by atoms with E-state index in [0.717, 1.165) is 19.5 Å². The van der Waals surface area contributed by atoms with E-state index in [1.807, 2.05) is 0 Å². The van der Waals surface area contributed by atoms with Gasteiger partial charge in [-0.15, -0.1) is 0 Å². The Morgan fingerprint density at radius 1 is 1.31 bits per heavy atom. The van der Waals surface area contributed by atoms with Gasteiger partial charge in [-0.3, -0.25) is 0 Å². The molecule has 0 aromatic heterocycles. The van der Waals surface area contributed by atoms with Gasteiger partial charge in [-0.2, -0.15) is 0 Å². The average molecular weight is 187 g/mol. The fraction of sp³-hybridized carbons (Fsp3) is 1.00. The van der Waals surface area contributed by atoms with Gasteiger partial charge >= 0.3 is 0 Å². The van der Waals surface area contributed by atoms with E-state index in [9.17, 15) is 5.11 Å². The van der Waals surface area contributed by atoms with Crippen LogP contribution in [0.1, 0.15) is 40.0 Å². The summed E-state index contributed by atoms with van der Waals surface area (Å²) in [5.74, 6) is 0. The smallest absolute Gasteiger partial charge is 0.0496 e. The van der Waals surface area contributed by atoms with Crippen LogP contribution in [0.25, 0.3) is 0 Å². The largest absolute Gasteiger partial charge is 0.396 e. The third kappa shape index (κ3) is 5.27. The third-order valence-electron chi connectivity index (χ3n) is 2.78. The fourth-order valence-corrected chi connectivity index (χ4v) is 1.43. The van der Waals surface area contributed by atoms with Crippen molar-refractivity contribution in [3.63, 3.8) is 0 Å². The minimum atomic E-state index is 0.0858. The van der Waals surface area contributed by atoms with Crippen LogP contribution < -0.4 is 0 Å². The second-order valence-electron chi connectivity index (χ2n) is 4.41. The van der Waals surface area contributed by atoms with E-state index in [4.69, 9.17) is 0 Å². The average Bonchev–Trinajstić information content (AvgIpc) is 2.14. The molecule has 1 atom stereocenters. The van der Waals surface area contributed by atoms with Gasteiger partial charge in [0.05, 0.1) is 0 Å². The van der Waals surface area contributed by atoms with E-state index in [1.54, 1.807) is 0 Å². The number of nitrogens with zero attached hydrogens (tertiary/aromatic N) is 1. The summed E-state index contributed by atoms with van der Waals surface area (Å²) < 4.78 is 0. The van der Waals surface area contributed by atoms with Gasteiger partial charge in [0.1, 0.15) is 0 Å². The summed E-state index contributed by atoms with van der Waals surface area (Å²) in [5.41, 5.74) is 0.0858. The maximum atomic E-state index is 9.23. The molecule has 0 fully saturated rings.